The minimum Gasteiger partial charge on any atom is -0.483 e. The first-order valence-electron chi connectivity index (χ1n) is 17.1. The van der Waals surface area contributed by atoms with Gasteiger partial charge in [0.1, 0.15) is 0 Å². The van der Waals surface area contributed by atoms with Gasteiger partial charge in [-0.1, -0.05) is 141 Å². The molecule has 0 saturated heterocycles. The smallest absolute Gasteiger partial charge is 0.303 e. The van der Waals surface area contributed by atoms with Crippen LogP contribution in [0.2, 0.25) is 0 Å². The van der Waals surface area contributed by atoms with Gasteiger partial charge in [-0.3, -0.25) is 9.59 Å². The Hall–Kier alpha value is -0.541. The van der Waals surface area contributed by atoms with E-state index >= 15 is 0 Å². The van der Waals surface area contributed by atoms with Gasteiger partial charge in [0.2, 0.25) is 0 Å². The predicted molar refractivity (Wildman–Crippen MR) is 174 cm³/mol. The summed E-state index contributed by atoms with van der Waals surface area (Å²) < 4.78 is 0. The van der Waals surface area contributed by atoms with Crippen molar-refractivity contribution in [1.29, 1.82) is 0 Å². The third-order valence-electron chi connectivity index (χ3n) is 7.14. The molecule has 0 aliphatic rings. The summed E-state index contributed by atoms with van der Waals surface area (Å²) in [6, 6.07) is 0. The van der Waals surface area contributed by atoms with Crippen molar-refractivity contribution in [3.63, 3.8) is 0 Å². The zero-order valence-corrected chi connectivity index (χ0v) is 29.6. The maximum absolute atomic E-state index is 10.3. The Kier molecular flexibility index (Phi) is 51.7. The van der Waals surface area contributed by atoms with Gasteiger partial charge < -0.3 is 16.6 Å². The van der Waals surface area contributed by atoms with Gasteiger partial charge in [0.05, 0.1) is 0 Å². The van der Waals surface area contributed by atoms with E-state index in [4.69, 9.17) is 10.2 Å². The van der Waals surface area contributed by atoms with E-state index in [9.17, 15) is 9.59 Å². The van der Waals surface area contributed by atoms with Crippen molar-refractivity contribution < 1.29 is 53.9 Å². The standard InChI is InChI=1S/C18H34O2.C18H33O2.2Fe/c2*1-2-3-4-5-6-7-8-9-10-11-12-13-14-15-16-17-18(19)20;;/h9-10H,2-8,11-17H2,1H3,(H,19,20);9-10,16H,2-8,11-15,17H2,1H3,(H,19,20);;/q;-1;;/b2*10-9-;;. The second kappa shape index (κ2) is 44.9. The summed E-state index contributed by atoms with van der Waals surface area (Å²) >= 11 is 0. The van der Waals surface area contributed by atoms with E-state index in [0.717, 1.165) is 25.7 Å². The minimum atomic E-state index is -0.720. The number of hydrogen-bond donors (Lipinski definition) is 2. The number of rotatable bonds is 30. The number of allylic oxidation sites excluding steroid dienone is 4. The number of aliphatic carboxylic acids is 2. The molecule has 0 heterocycles. The fourth-order valence-electron chi connectivity index (χ4n) is 4.58. The predicted octanol–water partition coefficient (Wildman–Crippen LogP) is 12.0. The molecule has 0 amide bonds. The largest absolute Gasteiger partial charge is 0.483 e. The first kappa shape index (κ1) is 48.4. The van der Waals surface area contributed by atoms with Gasteiger partial charge in [-0.05, 0) is 57.8 Å². The Balaban J connectivity index is -0.000000328. The molecule has 0 fully saturated rings. The molecule has 0 aromatic rings. The number of carboxylic acid groups (broad SMARTS) is 2. The van der Waals surface area contributed by atoms with Gasteiger partial charge in [-0.25, -0.2) is 0 Å². The molecular weight excluding hydrogens is 608 g/mol. The molecule has 0 bridgehead atoms. The molecule has 0 aromatic carbocycles. The second-order valence-corrected chi connectivity index (χ2v) is 11.3. The second-order valence-electron chi connectivity index (χ2n) is 11.3. The van der Waals surface area contributed by atoms with Crippen molar-refractivity contribution in [1.82, 2.24) is 0 Å². The molecule has 0 saturated carbocycles. The Morgan fingerprint density at radius 1 is 0.476 bits per heavy atom. The first-order chi connectivity index (χ1) is 19.5. The molecule has 0 spiro atoms. The van der Waals surface area contributed by atoms with Crippen LogP contribution < -0.4 is 0 Å². The van der Waals surface area contributed by atoms with Crippen molar-refractivity contribution >= 4 is 11.9 Å². The van der Waals surface area contributed by atoms with Gasteiger partial charge in [0.25, 0.3) is 5.97 Å². The average molecular weight is 676 g/mol. The molecule has 0 radical (unpaired) electrons. The minimum absolute atomic E-state index is 0. The van der Waals surface area contributed by atoms with Crippen LogP contribution in [0.1, 0.15) is 187 Å². The summed E-state index contributed by atoms with van der Waals surface area (Å²) in [7, 11) is 0. The van der Waals surface area contributed by atoms with E-state index in [1.165, 1.54) is 135 Å². The Morgan fingerprint density at radius 3 is 1.17 bits per heavy atom. The van der Waals surface area contributed by atoms with Gasteiger partial charge in [-0.2, -0.15) is 6.42 Å². The number of unbranched alkanes of at least 4 members (excludes halogenated alkanes) is 22. The number of carbonyl (C=O) groups is 2. The first-order valence-corrected chi connectivity index (χ1v) is 17.1. The molecule has 4 nitrogen and oxygen atoms in total. The summed E-state index contributed by atoms with van der Waals surface area (Å²) in [5.74, 6) is -1.38. The van der Waals surface area contributed by atoms with E-state index in [1.54, 1.807) is 0 Å². The van der Waals surface area contributed by atoms with Crippen LogP contribution in [0.5, 0.6) is 0 Å². The van der Waals surface area contributed by atoms with Crippen LogP contribution >= 0.6 is 0 Å². The summed E-state index contributed by atoms with van der Waals surface area (Å²) in [5, 5.41) is 17.0. The summed E-state index contributed by atoms with van der Waals surface area (Å²) in [5.41, 5.74) is 0. The monoisotopic (exact) mass is 675 g/mol. The fourth-order valence-corrected chi connectivity index (χ4v) is 4.58. The van der Waals surface area contributed by atoms with Crippen LogP contribution in [0.15, 0.2) is 24.3 Å². The van der Waals surface area contributed by atoms with Crippen LogP contribution in [0.25, 0.3) is 0 Å². The van der Waals surface area contributed by atoms with Crippen LogP contribution in [-0.2, 0) is 43.7 Å². The van der Waals surface area contributed by atoms with Crippen molar-refractivity contribution in [3.05, 3.63) is 30.7 Å². The zero-order valence-electron chi connectivity index (χ0n) is 27.4. The molecule has 0 aliphatic heterocycles. The topological polar surface area (TPSA) is 74.6 Å². The molecule has 2 N–H and O–H groups in total. The Morgan fingerprint density at radius 2 is 0.810 bits per heavy atom. The molecule has 0 aromatic heterocycles. The fraction of sp³-hybridized carbons (Fsp3) is 0.806. The average Bonchev–Trinajstić information content (AvgIpc) is 2.93. The number of carboxylic acids is 2. The van der Waals surface area contributed by atoms with Crippen molar-refractivity contribution in [2.45, 2.75) is 187 Å². The maximum atomic E-state index is 10.3. The van der Waals surface area contributed by atoms with E-state index in [0.29, 0.717) is 6.42 Å². The molecule has 252 valence electrons. The van der Waals surface area contributed by atoms with Crippen molar-refractivity contribution in [2.75, 3.05) is 0 Å². The third-order valence-corrected chi connectivity index (χ3v) is 7.14. The molecule has 0 aliphatic carbocycles. The van der Waals surface area contributed by atoms with Gasteiger partial charge in [0, 0.05) is 40.6 Å². The van der Waals surface area contributed by atoms with Crippen LogP contribution in [-0.4, -0.2) is 22.2 Å². The number of hydrogen-bond acceptors (Lipinski definition) is 2. The third kappa shape index (κ3) is 52.1. The van der Waals surface area contributed by atoms with Gasteiger partial charge in [0.15, 0.2) is 0 Å². The molecule has 0 unspecified atom stereocenters. The van der Waals surface area contributed by atoms with E-state index in [1.807, 2.05) is 6.42 Å². The maximum Gasteiger partial charge on any atom is 0.303 e. The Labute approximate surface area is 282 Å². The van der Waals surface area contributed by atoms with Gasteiger partial charge in [-0.15, -0.1) is 0 Å². The Bertz CT molecular complexity index is 529. The van der Waals surface area contributed by atoms with Crippen LogP contribution in [0.4, 0.5) is 0 Å². The van der Waals surface area contributed by atoms with E-state index < -0.39 is 11.9 Å². The molecule has 0 atom stereocenters. The summed E-state index contributed by atoms with van der Waals surface area (Å²) in [4.78, 5) is 20.6. The van der Waals surface area contributed by atoms with E-state index in [-0.39, 0.29) is 40.6 Å². The summed E-state index contributed by atoms with van der Waals surface area (Å²) in [6.07, 6.45) is 43.1. The molecule has 0 rings (SSSR count). The normalized spacial score (nSPS) is 10.7. The van der Waals surface area contributed by atoms with Gasteiger partial charge >= 0.3 is 5.97 Å². The molecule has 42 heavy (non-hydrogen) atoms. The van der Waals surface area contributed by atoms with E-state index in [2.05, 4.69) is 38.2 Å². The van der Waals surface area contributed by atoms with Crippen LogP contribution in [0.3, 0.4) is 0 Å². The molecular formula is C36H67Fe2O4-. The summed E-state index contributed by atoms with van der Waals surface area (Å²) in [6.45, 7) is 4.52. The molecule has 6 heteroatoms. The zero-order chi connectivity index (χ0) is 29.8. The quantitative estimate of drug-likeness (QED) is 0.0344. The van der Waals surface area contributed by atoms with Crippen molar-refractivity contribution in [2.24, 2.45) is 0 Å². The van der Waals surface area contributed by atoms with Crippen molar-refractivity contribution in [3.8, 4) is 0 Å². The van der Waals surface area contributed by atoms with Crippen LogP contribution in [0, 0.1) is 6.42 Å². The SMILES string of the molecule is CCCCCCCC/C=C\CCCCCCCC(=O)O.CCCCCCCC/C=C\CCCCC[CH-]CC(=O)O.[Fe].[Fe].